The van der Waals surface area contributed by atoms with Crippen LogP contribution in [0.25, 0.3) is 10.8 Å². The van der Waals surface area contributed by atoms with Gasteiger partial charge in [0.25, 0.3) is 0 Å². The maximum atomic E-state index is 13.4. The molecule has 2 aliphatic rings. The lowest BCUT2D eigenvalue weighted by atomic mass is 9.93. The zero-order valence-electron chi connectivity index (χ0n) is 24.2. The molecule has 4 nitrogen and oxygen atoms in total. The fourth-order valence-electron chi connectivity index (χ4n) is 6.59. The monoisotopic (exact) mass is 605 g/mol. The molecule has 0 saturated carbocycles. The number of carbonyl (C=O) groups is 1. The number of amides is 1. The lowest BCUT2D eigenvalue weighted by molar-refractivity contribution is -0.143. The Morgan fingerprint density at radius 2 is 1.44 bits per heavy atom. The third-order valence-corrected chi connectivity index (χ3v) is 8.90. The Bertz CT molecular complexity index is 1370. The van der Waals surface area contributed by atoms with Crippen LogP contribution in [0.5, 0.6) is 0 Å². The van der Waals surface area contributed by atoms with Gasteiger partial charge in [0.1, 0.15) is 0 Å². The molecule has 0 N–H and O–H groups in total. The van der Waals surface area contributed by atoms with E-state index in [1.54, 1.807) is 7.05 Å². The van der Waals surface area contributed by atoms with E-state index in [-0.39, 0.29) is 24.2 Å². The highest BCUT2D eigenvalue weighted by Crippen LogP contribution is 2.37. The first-order valence-corrected chi connectivity index (χ1v) is 14.9. The summed E-state index contributed by atoms with van der Waals surface area (Å²) >= 11 is 0. The number of halogens is 6. The van der Waals surface area contributed by atoms with Crippen molar-refractivity contribution in [2.24, 2.45) is 0 Å². The third-order valence-electron chi connectivity index (χ3n) is 8.90. The van der Waals surface area contributed by atoms with Gasteiger partial charge < -0.3 is 9.80 Å². The second-order valence-electron chi connectivity index (χ2n) is 11.8. The van der Waals surface area contributed by atoms with E-state index in [0.717, 1.165) is 55.4 Å². The Balaban J connectivity index is 1.38. The number of hydrogen-bond acceptors (Lipinski definition) is 3. The van der Waals surface area contributed by atoms with Crippen molar-refractivity contribution in [3.8, 4) is 0 Å². The Morgan fingerprint density at radius 3 is 2.07 bits per heavy atom. The van der Waals surface area contributed by atoms with Crippen molar-refractivity contribution < 1.29 is 31.1 Å². The summed E-state index contributed by atoms with van der Waals surface area (Å²) < 4.78 is 80.4. The predicted molar refractivity (Wildman–Crippen MR) is 154 cm³/mol. The minimum absolute atomic E-state index is 0.0851. The van der Waals surface area contributed by atoms with Gasteiger partial charge >= 0.3 is 12.4 Å². The highest BCUT2D eigenvalue weighted by atomic mass is 19.4. The summed E-state index contributed by atoms with van der Waals surface area (Å²) in [5.41, 5.74) is -2.10. The average molecular weight is 606 g/mol. The summed E-state index contributed by atoms with van der Waals surface area (Å²) in [5, 5.41) is 2.12. The van der Waals surface area contributed by atoms with Gasteiger partial charge in [0.15, 0.2) is 0 Å². The summed E-state index contributed by atoms with van der Waals surface area (Å²) in [6.45, 7) is 4.17. The number of nitrogens with zero attached hydrogens (tertiary/aromatic N) is 3. The summed E-state index contributed by atoms with van der Waals surface area (Å²) in [7, 11) is 1.57. The molecule has 0 spiro atoms. The number of carbonyl (C=O) groups excluding carboxylic acids is 1. The molecule has 2 saturated heterocycles. The molecule has 0 radical (unpaired) electrons. The van der Waals surface area contributed by atoms with Crippen molar-refractivity contribution in [2.45, 2.75) is 63.0 Å². The molecule has 1 unspecified atom stereocenters. The first kappa shape index (κ1) is 31.3. The van der Waals surface area contributed by atoms with Crippen LogP contribution in [-0.2, 0) is 23.6 Å². The molecule has 2 aliphatic heterocycles. The predicted octanol–water partition coefficient (Wildman–Crippen LogP) is 7.57. The van der Waals surface area contributed by atoms with Gasteiger partial charge in [-0.1, -0.05) is 48.9 Å². The molecule has 1 atom stereocenters. The summed E-state index contributed by atoms with van der Waals surface area (Å²) in [6, 6.07) is 15.7. The molecule has 1 amide bonds. The molecular weight excluding hydrogens is 568 g/mol. The largest absolute Gasteiger partial charge is 0.416 e. The van der Waals surface area contributed by atoms with E-state index < -0.39 is 35.8 Å². The Hall–Kier alpha value is -3.11. The van der Waals surface area contributed by atoms with E-state index in [1.165, 1.54) is 24.2 Å². The fraction of sp³-hybridized carbons (Fsp3) is 0.485. The van der Waals surface area contributed by atoms with Crippen LogP contribution in [0, 0.1) is 0 Å². The van der Waals surface area contributed by atoms with Gasteiger partial charge in [-0.2, -0.15) is 26.3 Å². The van der Waals surface area contributed by atoms with Crippen LogP contribution < -0.4 is 0 Å². The van der Waals surface area contributed by atoms with Gasteiger partial charge in [0.05, 0.1) is 23.6 Å². The van der Waals surface area contributed by atoms with Crippen LogP contribution in [0.4, 0.5) is 26.3 Å². The lowest BCUT2D eigenvalue weighted by Gasteiger charge is -2.43. The van der Waals surface area contributed by atoms with Crippen molar-refractivity contribution in [1.82, 2.24) is 14.7 Å². The van der Waals surface area contributed by atoms with Gasteiger partial charge in [-0.3, -0.25) is 9.69 Å². The zero-order valence-corrected chi connectivity index (χ0v) is 24.2. The number of hydrogen-bond donors (Lipinski definition) is 0. The number of benzene rings is 3. The Kier molecular flexibility index (Phi) is 9.37. The van der Waals surface area contributed by atoms with E-state index in [1.807, 2.05) is 42.5 Å². The van der Waals surface area contributed by atoms with Crippen molar-refractivity contribution in [2.75, 3.05) is 39.8 Å². The Labute approximate surface area is 248 Å². The molecule has 0 aliphatic carbocycles. The first-order chi connectivity index (χ1) is 20.4. The van der Waals surface area contributed by atoms with Crippen LogP contribution in [-0.4, -0.2) is 66.4 Å². The van der Waals surface area contributed by atoms with Crippen LogP contribution in [0.3, 0.4) is 0 Å². The smallest absolute Gasteiger partial charge is 0.344 e. The van der Waals surface area contributed by atoms with Crippen molar-refractivity contribution in [3.63, 3.8) is 0 Å². The molecule has 0 aromatic heterocycles. The fourth-order valence-corrected chi connectivity index (χ4v) is 6.59. The number of rotatable bonds is 7. The van der Waals surface area contributed by atoms with E-state index in [9.17, 15) is 31.1 Å². The van der Waals surface area contributed by atoms with Crippen molar-refractivity contribution >= 4 is 16.7 Å². The standard InChI is InChI=1S/C33H37F6N3O/c1-40(31(43)20-23-18-25(32(34,35)36)21-26(19-23)33(37,38)39)22-30(29-11-7-9-24-8-3-4-10-28(24)29)42-16-12-27(13-17-42)41-14-5-2-6-15-41/h3-4,7-11,18-19,21,27,30H,2,5-6,12-17,20,22H2,1H3. The molecule has 2 heterocycles. The molecule has 43 heavy (non-hydrogen) atoms. The summed E-state index contributed by atoms with van der Waals surface area (Å²) in [4.78, 5) is 19.7. The minimum Gasteiger partial charge on any atom is -0.344 e. The average Bonchev–Trinajstić information content (AvgIpc) is 2.99. The number of fused-ring (bicyclic) bond motifs is 1. The van der Waals surface area contributed by atoms with Crippen molar-refractivity contribution in [3.05, 3.63) is 82.9 Å². The highest BCUT2D eigenvalue weighted by Gasteiger charge is 2.37. The molecule has 5 rings (SSSR count). The minimum atomic E-state index is -4.97. The van der Waals surface area contributed by atoms with Crippen molar-refractivity contribution in [1.29, 1.82) is 0 Å². The quantitative estimate of drug-likeness (QED) is 0.260. The molecular formula is C33H37F6N3O. The van der Waals surface area contributed by atoms with Gasteiger partial charge in [0.2, 0.25) is 5.91 Å². The van der Waals surface area contributed by atoms with E-state index >= 15 is 0 Å². The van der Waals surface area contributed by atoms with E-state index in [4.69, 9.17) is 0 Å². The molecule has 3 aromatic rings. The number of likely N-dealkylation sites (N-methyl/N-ethyl adjacent to an activating group) is 1. The molecule has 3 aromatic carbocycles. The number of alkyl halides is 6. The molecule has 232 valence electrons. The van der Waals surface area contributed by atoms with Crippen LogP contribution >= 0.6 is 0 Å². The molecule has 10 heteroatoms. The highest BCUT2D eigenvalue weighted by molar-refractivity contribution is 5.86. The number of likely N-dealkylation sites (tertiary alicyclic amines) is 2. The van der Waals surface area contributed by atoms with Gasteiger partial charge in [-0.05, 0) is 78.9 Å². The topological polar surface area (TPSA) is 26.8 Å². The molecule has 2 fully saturated rings. The van der Waals surface area contributed by atoms with Crippen LogP contribution in [0.1, 0.15) is 60.4 Å². The van der Waals surface area contributed by atoms with Gasteiger partial charge in [-0.15, -0.1) is 0 Å². The maximum Gasteiger partial charge on any atom is 0.416 e. The maximum absolute atomic E-state index is 13.4. The van der Waals surface area contributed by atoms with E-state index in [2.05, 4.69) is 9.80 Å². The number of piperidine rings is 2. The third kappa shape index (κ3) is 7.52. The Morgan fingerprint density at radius 1 is 0.837 bits per heavy atom. The van der Waals surface area contributed by atoms with Gasteiger partial charge in [0, 0.05) is 32.7 Å². The second kappa shape index (κ2) is 12.9. The first-order valence-electron chi connectivity index (χ1n) is 14.9. The van der Waals surface area contributed by atoms with Crippen LogP contribution in [0.2, 0.25) is 0 Å². The summed E-state index contributed by atoms with van der Waals surface area (Å²) in [6.07, 6.45) is -4.77. The normalized spacial score (nSPS) is 18.6. The van der Waals surface area contributed by atoms with Crippen LogP contribution in [0.15, 0.2) is 60.7 Å². The van der Waals surface area contributed by atoms with E-state index in [0.29, 0.717) is 18.2 Å². The lowest BCUT2D eigenvalue weighted by Crippen LogP contribution is -2.49. The van der Waals surface area contributed by atoms with Gasteiger partial charge in [-0.25, -0.2) is 0 Å². The molecule has 0 bridgehead atoms. The second-order valence-corrected chi connectivity index (χ2v) is 11.8. The zero-order chi connectivity index (χ0) is 30.8. The summed E-state index contributed by atoms with van der Waals surface area (Å²) in [5.74, 6) is -0.541. The SMILES string of the molecule is CN(CC(c1cccc2ccccc12)N1CCC(N2CCCCC2)CC1)C(=O)Cc1cc(C(F)(F)F)cc(C(F)(F)F)c1.